The molecule has 0 aromatic heterocycles. The minimum Gasteiger partial charge on any atom is -0.346 e. The zero-order chi connectivity index (χ0) is 14.4. The molecule has 1 nitrogen and oxygen atoms in total. The Bertz CT molecular complexity index is 252. The van der Waals surface area contributed by atoms with Crippen molar-refractivity contribution in [2.45, 2.75) is 103 Å². The van der Waals surface area contributed by atoms with Crippen molar-refractivity contribution in [3.05, 3.63) is 0 Å². The van der Waals surface area contributed by atoms with Crippen molar-refractivity contribution in [2.75, 3.05) is 0 Å². The van der Waals surface area contributed by atoms with Gasteiger partial charge in [-0.25, -0.2) is 0 Å². The highest BCUT2D eigenvalue weighted by Gasteiger charge is 2.65. The van der Waals surface area contributed by atoms with Crippen LogP contribution in [0, 0.1) is 5.92 Å². The molecule has 1 fully saturated rings. The molecule has 3 atom stereocenters. The zero-order valence-corrected chi connectivity index (χ0v) is 14.2. The average Bonchev–Trinajstić information content (AvgIpc) is 2.87. The number of alkyl halides is 1. The molecule has 0 aromatic rings. The molecular formula is C17H33ClO. The van der Waals surface area contributed by atoms with Gasteiger partial charge in [-0.1, -0.05) is 76.8 Å². The van der Waals surface area contributed by atoms with Gasteiger partial charge in [0.1, 0.15) is 5.60 Å². The van der Waals surface area contributed by atoms with Gasteiger partial charge >= 0.3 is 0 Å². The van der Waals surface area contributed by atoms with Crippen LogP contribution in [0.25, 0.3) is 0 Å². The Morgan fingerprint density at radius 1 is 0.842 bits per heavy atom. The van der Waals surface area contributed by atoms with Gasteiger partial charge in [0, 0.05) is 0 Å². The first kappa shape index (κ1) is 17.3. The molecule has 0 aliphatic carbocycles. The van der Waals surface area contributed by atoms with Crippen molar-refractivity contribution in [1.29, 1.82) is 0 Å². The molecule has 1 rings (SSSR count). The Balaban J connectivity index is 2.17. The maximum absolute atomic E-state index is 6.35. The fraction of sp³-hybridized carbons (Fsp3) is 1.00. The fourth-order valence-electron chi connectivity index (χ4n) is 3.21. The van der Waals surface area contributed by atoms with E-state index in [1.807, 2.05) is 6.92 Å². The zero-order valence-electron chi connectivity index (χ0n) is 13.4. The SMILES string of the molecule is CCCCCCCCCC(CCC)C1(C)OC1(C)Cl. The highest BCUT2D eigenvalue weighted by Crippen LogP contribution is 2.57. The van der Waals surface area contributed by atoms with E-state index < -0.39 is 5.06 Å². The van der Waals surface area contributed by atoms with E-state index in [0.29, 0.717) is 5.92 Å². The Morgan fingerprint density at radius 2 is 1.37 bits per heavy atom. The third kappa shape index (κ3) is 4.93. The first-order valence-corrected chi connectivity index (χ1v) is 8.74. The third-order valence-electron chi connectivity index (χ3n) is 4.82. The van der Waals surface area contributed by atoms with Crippen LogP contribution in [0.3, 0.4) is 0 Å². The standard InChI is InChI=1S/C17H33ClO/c1-5-7-8-9-10-11-12-14-15(13-6-2)16(3)17(4,18)19-16/h15H,5-14H2,1-4H3. The predicted molar refractivity (Wildman–Crippen MR) is 84.8 cm³/mol. The molecule has 114 valence electrons. The van der Waals surface area contributed by atoms with Crippen molar-refractivity contribution >= 4 is 11.6 Å². The molecule has 3 unspecified atom stereocenters. The van der Waals surface area contributed by atoms with Gasteiger partial charge in [0.15, 0.2) is 5.06 Å². The molecular weight excluding hydrogens is 256 g/mol. The highest BCUT2D eigenvalue weighted by molar-refractivity contribution is 6.25. The number of unbranched alkanes of at least 4 members (excludes halogenated alkanes) is 6. The summed E-state index contributed by atoms with van der Waals surface area (Å²) in [6, 6.07) is 0. The minimum atomic E-state index is -0.409. The first-order valence-electron chi connectivity index (χ1n) is 8.37. The summed E-state index contributed by atoms with van der Waals surface area (Å²) in [6.07, 6.45) is 13.4. The quantitative estimate of drug-likeness (QED) is 0.247. The lowest BCUT2D eigenvalue weighted by atomic mass is 9.83. The van der Waals surface area contributed by atoms with E-state index in [4.69, 9.17) is 16.3 Å². The van der Waals surface area contributed by atoms with E-state index in [1.54, 1.807) is 0 Å². The molecule has 1 heterocycles. The number of hydrogen-bond donors (Lipinski definition) is 0. The van der Waals surface area contributed by atoms with Gasteiger partial charge in [0.05, 0.1) is 0 Å². The van der Waals surface area contributed by atoms with Crippen molar-refractivity contribution < 1.29 is 4.74 Å². The van der Waals surface area contributed by atoms with Gasteiger partial charge in [-0.3, -0.25) is 0 Å². The maximum atomic E-state index is 6.35. The van der Waals surface area contributed by atoms with Crippen molar-refractivity contribution in [2.24, 2.45) is 5.92 Å². The van der Waals surface area contributed by atoms with Gasteiger partial charge in [0.2, 0.25) is 0 Å². The molecule has 0 bridgehead atoms. The number of ether oxygens (including phenoxy) is 1. The normalized spacial score (nSPS) is 31.4. The van der Waals surface area contributed by atoms with Crippen LogP contribution in [0.2, 0.25) is 0 Å². The summed E-state index contributed by atoms with van der Waals surface area (Å²) < 4.78 is 5.78. The predicted octanol–water partition coefficient (Wildman–Crippen LogP) is 6.29. The lowest BCUT2D eigenvalue weighted by molar-refractivity contribution is 0.206. The van der Waals surface area contributed by atoms with Gasteiger partial charge in [-0.05, 0) is 32.6 Å². The van der Waals surface area contributed by atoms with Crippen LogP contribution in [-0.4, -0.2) is 10.7 Å². The Kier molecular flexibility index (Phi) is 7.18. The maximum Gasteiger partial charge on any atom is 0.168 e. The van der Waals surface area contributed by atoms with E-state index >= 15 is 0 Å². The molecule has 0 saturated carbocycles. The van der Waals surface area contributed by atoms with Gasteiger partial charge in [0.25, 0.3) is 0 Å². The van der Waals surface area contributed by atoms with Crippen LogP contribution in [0.15, 0.2) is 0 Å². The number of epoxide rings is 1. The van der Waals surface area contributed by atoms with E-state index in [9.17, 15) is 0 Å². The smallest absolute Gasteiger partial charge is 0.168 e. The molecule has 0 aromatic carbocycles. The summed E-state index contributed by atoms with van der Waals surface area (Å²) >= 11 is 6.35. The second kappa shape index (κ2) is 7.88. The van der Waals surface area contributed by atoms with Crippen LogP contribution in [-0.2, 0) is 4.74 Å². The summed E-state index contributed by atoms with van der Waals surface area (Å²) in [5, 5.41) is -0.409. The molecule has 19 heavy (non-hydrogen) atoms. The number of rotatable bonds is 11. The molecule has 1 saturated heterocycles. The molecule has 0 N–H and O–H groups in total. The van der Waals surface area contributed by atoms with Crippen LogP contribution in [0.4, 0.5) is 0 Å². The minimum absolute atomic E-state index is 0.0766. The highest BCUT2D eigenvalue weighted by atomic mass is 35.5. The van der Waals surface area contributed by atoms with Crippen molar-refractivity contribution in [3.63, 3.8) is 0 Å². The van der Waals surface area contributed by atoms with E-state index in [-0.39, 0.29) is 5.60 Å². The average molecular weight is 289 g/mol. The van der Waals surface area contributed by atoms with E-state index in [1.165, 1.54) is 64.2 Å². The molecule has 1 aliphatic rings. The summed E-state index contributed by atoms with van der Waals surface area (Å²) in [7, 11) is 0. The largest absolute Gasteiger partial charge is 0.346 e. The summed E-state index contributed by atoms with van der Waals surface area (Å²) in [6.45, 7) is 8.74. The Labute approximate surface area is 125 Å². The van der Waals surface area contributed by atoms with Crippen molar-refractivity contribution in [1.82, 2.24) is 0 Å². The van der Waals surface area contributed by atoms with E-state index in [0.717, 1.165) is 0 Å². The van der Waals surface area contributed by atoms with Gasteiger partial charge in [-0.2, -0.15) is 0 Å². The second-order valence-electron chi connectivity index (χ2n) is 6.52. The van der Waals surface area contributed by atoms with Crippen LogP contribution < -0.4 is 0 Å². The summed E-state index contributed by atoms with van der Waals surface area (Å²) in [5.41, 5.74) is -0.0766. The van der Waals surface area contributed by atoms with Gasteiger partial charge < -0.3 is 4.74 Å². The summed E-state index contributed by atoms with van der Waals surface area (Å²) in [4.78, 5) is 0. The third-order valence-corrected chi connectivity index (χ3v) is 5.27. The molecule has 0 radical (unpaired) electrons. The lowest BCUT2D eigenvalue weighted by Crippen LogP contribution is -2.26. The molecule has 0 amide bonds. The monoisotopic (exact) mass is 288 g/mol. The number of hydrogen-bond acceptors (Lipinski definition) is 1. The van der Waals surface area contributed by atoms with Crippen LogP contribution >= 0.6 is 11.6 Å². The van der Waals surface area contributed by atoms with E-state index in [2.05, 4.69) is 20.8 Å². The summed E-state index contributed by atoms with van der Waals surface area (Å²) in [5.74, 6) is 0.635. The molecule has 1 aliphatic heterocycles. The second-order valence-corrected chi connectivity index (χ2v) is 7.24. The first-order chi connectivity index (χ1) is 8.98. The lowest BCUT2D eigenvalue weighted by Gasteiger charge is -2.21. The van der Waals surface area contributed by atoms with Crippen LogP contribution in [0.5, 0.6) is 0 Å². The molecule has 0 spiro atoms. The van der Waals surface area contributed by atoms with Crippen LogP contribution in [0.1, 0.15) is 91.9 Å². The van der Waals surface area contributed by atoms with Crippen molar-refractivity contribution in [3.8, 4) is 0 Å². The Hall–Kier alpha value is 0.250. The fourth-order valence-corrected chi connectivity index (χ4v) is 3.53. The van der Waals surface area contributed by atoms with Gasteiger partial charge in [-0.15, -0.1) is 0 Å². The molecule has 2 heteroatoms. The number of halogens is 1. The Morgan fingerprint density at radius 3 is 1.84 bits per heavy atom. The topological polar surface area (TPSA) is 12.5 Å².